The van der Waals surface area contributed by atoms with Gasteiger partial charge in [-0.15, -0.1) is 0 Å². The number of hydrogen-bond acceptors (Lipinski definition) is 2. The Kier molecular flexibility index (Phi) is 2.49. The predicted octanol–water partition coefficient (Wildman–Crippen LogP) is 1.47. The molecule has 1 radical (unpaired) electrons. The number of ether oxygens (including phenoxy) is 1. The summed E-state index contributed by atoms with van der Waals surface area (Å²) in [7, 11) is 0. The molecule has 2 heteroatoms. The molecule has 55 valence electrons. The van der Waals surface area contributed by atoms with Gasteiger partial charge >= 0.3 is 0 Å². The predicted molar refractivity (Wildman–Crippen MR) is 38.2 cm³/mol. The van der Waals surface area contributed by atoms with Crippen LogP contribution in [0.4, 0.5) is 0 Å². The Morgan fingerprint density at radius 1 is 1.70 bits per heavy atom. The van der Waals surface area contributed by atoms with Crippen LogP contribution in [-0.2, 0) is 9.53 Å². The number of Topliss-reactive ketones (excluding diaryl/α,β-unsaturated/α-hetero) is 1. The molecule has 0 spiro atoms. The van der Waals surface area contributed by atoms with Crippen LogP contribution in [0.1, 0.15) is 19.8 Å². The third kappa shape index (κ3) is 1.87. The van der Waals surface area contributed by atoms with E-state index in [4.69, 9.17) is 4.74 Å². The Morgan fingerprint density at radius 2 is 2.50 bits per heavy atom. The third-order valence-corrected chi connectivity index (χ3v) is 1.35. The molecule has 1 rings (SSSR count). The van der Waals surface area contributed by atoms with Crippen LogP contribution < -0.4 is 0 Å². The molecule has 0 amide bonds. The smallest absolute Gasteiger partial charge is 0.141 e. The monoisotopic (exact) mass is 139 g/mol. The zero-order valence-corrected chi connectivity index (χ0v) is 6.09. The molecule has 0 aromatic heterocycles. The molecular weight excluding hydrogens is 128 g/mol. The first-order valence-electron chi connectivity index (χ1n) is 3.49. The van der Waals surface area contributed by atoms with Crippen LogP contribution in [0.15, 0.2) is 11.8 Å². The van der Waals surface area contributed by atoms with E-state index in [-0.39, 0.29) is 5.78 Å². The first kappa shape index (κ1) is 7.32. The van der Waals surface area contributed by atoms with Gasteiger partial charge in [-0.3, -0.25) is 4.79 Å². The molecule has 0 atom stereocenters. The maximum Gasteiger partial charge on any atom is 0.141 e. The first-order chi connectivity index (χ1) is 4.83. The summed E-state index contributed by atoms with van der Waals surface area (Å²) in [4.78, 5) is 10.8. The Morgan fingerprint density at radius 3 is 3.10 bits per heavy atom. The van der Waals surface area contributed by atoms with E-state index in [0.717, 1.165) is 5.76 Å². The standard InChI is InChI=1S/C8H11O2/c1-2-10-8-5-3-4-7(9)6-8/h3,5H,2,4,6H2,1H3. The van der Waals surface area contributed by atoms with E-state index in [0.29, 0.717) is 19.4 Å². The normalized spacial score (nSPS) is 18.5. The van der Waals surface area contributed by atoms with Crippen molar-refractivity contribution in [2.24, 2.45) is 0 Å². The fourth-order valence-electron chi connectivity index (χ4n) is 0.932. The van der Waals surface area contributed by atoms with Gasteiger partial charge < -0.3 is 4.74 Å². The third-order valence-electron chi connectivity index (χ3n) is 1.35. The van der Waals surface area contributed by atoms with Crippen LogP contribution >= 0.6 is 0 Å². The lowest BCUT2D eigenvalue weighted by Gasteiger charge is -2.11. The minimum atomic E-state index is 0.242. The second-order valence-corrected chi connectivity index (χ2v) is 2.22. The summed E-state index contributed by atoms with van der Waals surface area (Å²) in [5.74, 6) is 1.05. The summed E-state index contributed by atoms with van der Waals surface area (Å²) in [5.41, 5.74) is 0. The molecular formula is C8H11O2. The lowest BCUT2D eigenvalue weighted by Crippen LogP contribution is -2.07. The molecule has 1 aliphatic rings. The van der Waals surface area contributed by atoms with E-state index in [9.17, 15) is 4.79 Å². The number of carbonyl (C=O) groups is 1. The van der Waals surface area contributed by atoms with Crippen molar-refractivity contribution in [2.45, 2.75) is 19.8 Å². The molecule has 0 unspecified atom stereocenters. The van der Waals surface area contributed by atoms with Gasteiger partial charge in [-0.1, -0.05) is 0 Å². The molecule has 0 aromatic rings. The SMILES string of the molecule is CCOC1=C[CH]CC(=O)C1. The number of hydrogen-bond donors (Lipinski definition) is 0. The molecule has 0 saturated heterocycles. The summed E-state index contributed by atoms with van der Waals surface area (Å²) in [6.07, 6.45) is 4.77. The number of carbonyl (C=O) groups excluding carboxylic acids is 1. The lowest BCUT2D eigenvalue weighted by molar-refractivity contribution is -0.118. The molecule has 0 fully saturated rings. The number of rotatable bonds is 2. The average molecular weight is 139 g/mol. The van der Waals surface area contributed by atoms with Gasteiger partial charge in [0.15, 0.2) is 0 Å². The average Bonchev–Trinajstić information content (AvgIpc) is 1.88. The van der Waals surface area contributed by atoms with Crippen LogP contribution in [0.2, 0.25) is 0 Å². The Labute approximate surface area is 60.9 Å². The van der Waals surface area contributed by atoms with Gasteiger partial charge in [-0.2, -0.15) is 0 Å². The molecule has 1 aliphatic carbocycles. The molecule has 0 aliphatic heterocycles. The van der Waals surface area contributed by atoms with Crippen molar-refractivity contribution in [3.8, 4) is 0 Å². The molecule has 0 heterocycles. The van der Waals surface area contributed by atoms with Crippen molar-refractivity contribution in [2.75, 3.05) is 6.61 Å². The van der Waals surface area contributed by atoms with Crippen molar-refractivity contribution in [1.82, 2.24) is 0 Å². The second kappa shape index (κ2) is 3.40. The van der Waals surface area contributed by atoms with Gasteiger partial charge in [-0.25, -0.2) is 0 Å². The van der Waals surface area contributed by atoms with E-state index in [1.165, 1.54) is 0 Å². The van der Waals surface area contributed by atoms with Crippen LogP contribution in [0.5, 0.6) is 0 Å². The van der Waals surface area contributed by atoms with Gasteiger partial charge in [0.1, 0.15) is 5.78 Å². The van der Waals surface area contributed by atoms with Crippen molar-refractivity contribution in [1.29, 1.82) is 0 Å². The Bertz CT molecular complexity index is 159. The zero-order chi connectivity index (χ0) is 7.40. The van der Waals surface area contributed by atoms with Crippen LogP contribution in [0.3, 0.4) is 0 Å². The maximum atomic E-state index is 10.8. The van der Waals surface area contributed by atoms with Crippen molar-refractivity contribution in [3.05, 3.63) is 18.3 Å². The van der Waals surface area contributed by atoms with Gasteiger partial charge in [0.25, 0.3) is 0 Å². The minimum Gasteiger partial charge on any atom is -0.498 e. The van der Waals surface area contributed by atoms with Crippen molar-refractivity contribution < 1.29 is 9.53 Å². The fourth-order valence-corrected chi connectivity index (χ4v) is 0.932. The molecule has 0 aromatic carbocycles. The summed E-state index contributed by atoms with van der Waals surface area (Å²) in [6.45, 7) is 2.56. The second-order valence-electron chi connectivity index (χ2n) is 2.22. The van der Waals surface area contributed by atoms with Gasteiger partial charge in [0, 0.05) is 6.42 Å². The number of allylic oxidation sites excluding steroid dienone is 2. The minimum absolute atomic E-state index is 0.242. The Hall–Kier alpha value is -0.790. The van der Waals surface area contributed by atoms with E-state index in [1.54, 1.807) is 0 Å². The molecule has 2 nitrogen and oxygen atoms in total. The quantitative estimate of drug-likeness (QED) is 0.579. The first-order valence-corrected chi connectivity index (χ1v) is 3.49. The molecule has 0 N–H and O–H groups in total. The van der Waals surface area contributed by atoms with Crippen molar-refractivity contribution in [3.63, 3.8) is 0 Å². The highest BCUT2D eigenvalue weighted by atomic mass is 16.5. The van der Waals surface area contributed by atoms with Gasteiger partial charge in [0.2, 0.25) is 0 Å². The van der Waals surface area contributed by atoms with Crippen LogP contribution in [-0.4, -0.2) is 12.4 Å². The lowest BCUT2D eigenvalue weighted by atomic mass is 10.1. The van der Waals surface area contributed by atoms with E-state index in [2.05, 4.69) is 0 Å². The topological polar surface area (TPSA) is 26.3 Å². The summed E-state index contributed by atoms with van der Waals surface area (Å²) >= 11 is 0. The highest BCUT2D eigenvalue weighted by molar-refractivity contribution is 5.83. The molecule has 10 heavy (non-hydrogen) atoms. The summed E-state index contributed by atoms with van der Waals surface area (Å²) in [6, 6.07) is 0. The highest BCUT2D eigenvalue weighted by Gasteiger charge is 2.11. The van der Waals surface area contributed by atoms with Crippen molar-refractivity contribution >= 4 is 5.78 Å². The number of ketones is 1. The summed E-state index contributed by atoms with van der Waals surface area (Å²) < 4.78 is 5.16. The van der Waals surface area contributed by atoms with E-state index >= 15 is 0 Å². The van der Waals surface area contributed by atoms with Gasteiger partial charge in [0.05, 0.1) is 18.8 Å². The summed E-state index contributed by atoms with van der Waals surface area (Å²) in [5, 5.41) is 0. The van der Waals surface area contributed by atoms with E-state index < -0.39 is 0 Å². The van der Waals surface area contributed by atoms with Crippen LogP contribution in [0, 0.1) is 6.42 Å². The Balaban J connectivity index is 2.43. The molecule has 0 bridgehead atoms. The maximum absolute atomic E-state index is 10.8. The largest absolute Gasteiger partial charge is 0.498 e. The van der Waals surface area contributed by atoms with E-state index in [1.807, 2.05) is 19.4 Å². The molecule has 0 saturated carbocycles. The highest BCUT2D eigenvalue weighted by Crippen LogP contribution is 2.14. The fraction of sp³-hybridized carbons (Fsp3) is 0.500. The zero-order valence-electron chi connectivity index (χ0n) is 6.09. The van der Waals surface area contributed by atoms with Gasteiger partial charge in [-0.05, 0) is 19.4 Å². The van der Waals surface area contributed by atoms with Crippen LogP contribution in [0.25, 0.3) is 0 Å².